The molecule has 0 bridgehead atoms. The van der Waals surface area contributed by atoms with Gasteiger partial charge in [0, 0.05) is 10.8 Å². The number of hydrogen-bond acceptors (Lipinski definition) is 4. The van der Waals surface area contributed by atoms with Gasteiger partial charge in [-0.05, 0) is 12.1 Å². The zero-order valence-electron chi connectivity index (χ0n) is 12.4. The molecule has 0 aliphatic carbocycles. The summed E-state index contributed by atoms with van der Waals surface area (Å²) < 4.78 is 21.8. The van der Waals surface area contributed by atoms with E-state index in [2.05, 4.69) is 4.98 Å². The molecule has 0 saturated carbocycles. The third-order valence-electron chi connectivity index (χ3n) is 3.62. The highest BCUT2D eigenvalue weighted by molar-refractivity contribution is 6.12. The lowest BCUT2D eigenvalue weighted by molar-refractivity contribution is 0.327. The number of benzene rings is 2. The average Bonchev–Trinajstić information content (AvgIpc) is 2.90. The Morgan fingerprint density at radius 1 is 0.714 bits per heavy atom. The SMILES string of the molecule is COc1cc2c([nH]c3c(OC)cccc32)c(OC)c1OC. The first-order valence-corrected chi connectivity index (χ1v) is 6.52. The van der Waals surface area contributed by atoms with Gasteiger partial charge < -0.3 is 23.9 Å². The van der Waals surface area contributed by atoms with Crippen LogP contribution in [0.1, 0.15) is 0 Å². The normalized spacial score (nSPS) is 10.9. The zero-order valence-corrected chi connectivity index (χ0v) is 12.4. The van der Waals surface area contributed by atoms with E-state index in [-0.39, 0.29) is 0 Å². The van der Waals surface area contributed by atoms with Crippen LogP contribution in [0.2, 0.25) is 0 Å². The second kappa shape index (κ2) is 5.09. The minimum absolute atomic E-state index is 0.568. The van der Waals surface area contributed by atoms with Crippen LogP contribution >= 0.6 is 0 Å². The molecule has 1 N–H and O–H groups in total. The fourth-order valence-electron chi connectivity index (χ4n) is 2.67. The monoisotopic (exact) mass is 287 g/mol. The molecule has 3 aromatic rings. The molecule has 0 amide bonds. The molecule has 0 fully saturated rings. The van der Waals surface area contributed by atoms with E-state index in [1.54, 1.807) is 28.4 Å². The quantitative estimate of drug-likeness (QED) is 0.799. The lowest BCUT2D eigenvalue weighted by atomic mass is 10.1. The van der Waals surface area contributed by atoms with E-state index in [1.165, 1.54) is 0 Å². The van der Waals surface area contributed by atoms with Gasteiger partial charge in [-0.15, -0.1) is 0 Å². The lowest BCUT2D eigenvalue weighted by Crippen LogP contribution is -1.95. The Morgan fingerprint density at radius 3 is 2.05 bits per heavy atom. The van der Waals surface area contributed by atoms with Gasteiger partial charge in [0.1, 0.15) is 5.75 Å². The lowest BCUT2D eigenvalue weighted by Gasteiger charge is -2.12. The fraction of sp³-hybridized carbons (Fsp3) is 0.250. The minimum Gasteiger partial charge on any atom is -0.495 e. The summed E-state index contributed by atoms with van der Waals surface area (Å²) in [6.45, 7) is 0. The van der Waals surface area contributed by atoms with E-state index in [9.17, 15) is 0 Å². The van der Waals surface area contributed by atoms with Crippen molar-refractivity contribution in [1.29, 1.82) is 0 Å². The van der Waals surface area contributed by atoms with Gasteiger partial charge in [0.25, 0.3) is 0 Å². The van der Waals surface area contributed by atoms with E-state index in [1.807, 2.05) is 24.3 Å². The molecule has 0 radical (unpaired) electrons. The number of nitrogens with one attached hydrogen (secondary N) is 1. The molecular formula is C16H17NO4. The van der Waals surface area contributed by atoms with Gasteiger partial charge in [0.05, 0.1) is 39.5 Å². The topological polar surface area (TPSA) is 52.7 Å². The number of methoxy groups -OCH3 is 4. The van der Waals surface area contributed by atoms with Crippen LogP contribution in [0.5, 0.6) is 23.0 Å². The molecule has 21 heavy (non-hydrogen) atoms. The van der Waals surface area contributed by atoms with E-state index in [0.717, 1.165) is 27.6 Å². The third kappa shape index (κ3) is 1.85. The Kier molecular flexibility index (Phi) is 3.25. The Bertz CT molecular complexity index is 807. The molecule has 0 atom stereocenters. The highest BCUT2D eigenvalue weighted by Crippen LogP contribution is 2.46. The van der Waals surface area contributed by atoms with Crippen LogP contribution in [-0.4, -0.2) is 33.4 Å². The van der Waals surface area contributed by atoms with Crippen LogP contribution < -0.4 is 18.9 Å². The molecule has 0 saturated heterocycles. The zero-order chi connectivity index (χ0) is 15.0. The third-order valence-corrected chi connectivity index (χ3v) is 3.62. The summed E-state index contributed by atoms with van der Waals surface area (Å²) in [5.74, 6) is 2.59. The van der Waals surface area contributed by atoms with Gasteiger partial charge in [0.15, 0.2) is 11.5 Å². The molecule has 0 spiro atoms. The Labute approximate surface area is 122 Å². The highest BCUT2D eigenvalue weighted by atomic mass is 16.5. The highest BCUT2D eigenvalue weighted by Gasteiger charge is 2.20. The minimum atomic E-state index is 0.568. The molecule has 0 unspecified atom stereocenters. The van der Waals surface area contributed by atoms with Crippen molar-refractivity contribution in [2.24, 2.45) is 0 Å². The van der Waals surface area contributed by atoms with E-state index >= 15 is 0 Å². The van der Waals surface area contributed by atoms with Crippen LogP contribution in [0.4, 0.5) is 0 Å². The van der Waals surface area contributed by atoms with Crippen molar-refractivity contribution in [2.75, 3.05) is 28.4 Å². The number of hydrogen-bond donors (Lipinski definition) is 1. The summed E-state index contributed by atoms with van der Waals surface area (Å²) in [6, 6.07) is 7.84. The van der Waals surface area contributed by atoms with Crippen LogP contribution in [0.25, 0.3) is 21.8 Å². The maximum atomic E-state index is 5.52. The molecule has 3 rings (SSSR count). The average molecular weight is 287 g/mol. The first kappa shape index (κ1) is 13.4. The van der Waals surface area contributed by atoms with Gasteiger partial charge in [-0.25, -0.2) is 0 Å². The molecule has 0 aliphatic rings. The largest absolute Gasteiger partial charge is 0.495 e. The maximum absolute atomic E-state index is 5.52. The summed E-state index contributed by atoms with van der Waals surface area (Å²) in [5.41, 5.74) is 1.78. The Balaban J connectivity index is 2.49. The van der Waals surface area contributed by atoms with E-state index < -0.39 is 0 Å². The number of rotatable bonds is 4. The summed E-state index contributed by atoms with van der Waals surface area (Å²) in [5, 5.41) is 2.04. The van der Waals surface area contributed by atoms with Crippen molar-refractivity contribution >= 4 is 21.8 Å². The summed E-state index contributed by atoms with van der Waals surface area (Å²) in [4.78, 5) is 3.36. The molecule has 5 nitrogen and oxygen atoms in total. The number of H-pyrrole nitrogens is 1. The van der Waals surface area contributed by atoms with E-state index in [4.69, 9.17) is 18.9 Å². The van der Waals surface area contributed by atoms with Gasteiger partial charge in [-0.2, -0.15) is 0 Å². The number of aromatic amines is 1. The molecule has 0 aliphatic heterocycles. The van der Waals surface area contributed by atoms with Crippen LogP contribution in [-0.2, 0) is 0 Å². The van der Waals surface area contributed by atoms with Crippen LogP contribution in [0.3, 0.4) is 0 Å². The number of fused-ring (bicyclic) bond motifs is 3. The van der Waals surface area contributed by atoms with Gasteiger partial charge in [0.2, 0.25) is 5.75 Å². The number of aromatic nitrogens is 1. The molecular weight excluding hydrogens is 270 g/mol. The van der Waals surface area contributed by atoms with Crippen LogP contribution in [0.15, 0.2) is 24.3 Å². The number of ether oxygens (including phenoxy) is 4. The summed E-state index contributed by atoms with van der Waals surface area (Å²) >= 11 is 0. The smallest absolute Gasteiger partial charge is 0.205 e. The molecule has 110 valence electrons. The second-order valence-corrected chi connectivity index (χ2v) is 4.58. The van der Waals surface area contributed by atoms with Gasteiger partial charge in [-0.1, -0.05) is 12.1 Å². The van der Waals surface area contributed by atoms with Crippen molar-refractivity contribution in [3.63, 3.8) is 0 Å². The van der Waals surface area contributed by atoms with Crippen molar-refractivity contribution < 1.29 is 18.9 Å². The van der Waals surface area contributed by atoms with Crippen molar-refractivity contribution in [1.82, 2.24) is 4.98 Å². The first-order valence-electron chi connectivity index (χ1n) is 6.52. The van der Waals surface area contributed by atoms with Crippen molar-refractivity contribution in [3.8, 4) is 23.0 Å². The van der Waals surface area contributed by atoms with Crippen molar-refractivity contribution in [2.45, 2.75) is 0 Å². The van der Waals surface area contributed by atoms with Gasteiger partial charge in [-0.3, -0.25) is 0 Å². The Hall–Kier alpha value is -2.56. The summed E-state index contributed by atoms with van der Waals surface area (Å²) in [6.07, 6.45) is 0. The van der Waals surface area contributed by atoms with Gasteiger partial charge >= 0.3 is 0 Å². The second-order valence-electron chi connectivity index (χ2n) is 4.58. The first-order chi connectivity index (χ1) is 10.2. The predicted molar refractivity (Wildman–Crippen MR) is 82.0 cm³/mol. The fourth-order valence-corrected chi connectivity index (χ4v) is 2.67. The summed E-state index contributed by atoms with van der Waals surface area (Å²) in [7, 11) is 6.46. The van der Waals surface area contributed by atoms with Crippen molar-refractivity contribution in [3.05, 3.63) is 24.3 Å². The molecule has 1 heterocycles. The Morgan fingerprint density at radius 2 is 1.43 bits per heavy atom. The number of para-hydroxylation sites is 1. The standard InChI is InChI=1S/C16H17NO4/c1-18-11-7-5-6-9-10-8-12(19-2)15(20-3)16(21-4)14(10)17-13(9)11/h5-8,17H,1-4H3. The molecule has 2 aromatic carbocycles. The van der Waals surface area contributed by atoms with E-state index in [0.29, 0.717) is 17.2 Å². The maximum Gasteiger partial charge on any atom is 0.205 e. The predicted octanol–water partition coefficient (Wildman–Crippen LogP) is 3.36. The van der Waals surface area contributed by atoms with Crippen LogP contribution in [0, 0.1) is 0 Å². The molecule has 5 heteroatoms. The molecule has 1 aromatic heterocycles.